The van der Waals surface area contributed by atoms with E-state index in [0.29, 0.717) is 6.54 Å². The predicted octanol–water partition coefficient (Wildman–Crippen LogP) is 1.34. The Morgan fingerprint density at radius 3 is 2.32 bits per heavy atom. The second kappa shape index (κ2) is 9.15. The van der Waals surface area contributed by atoms with Crippen molar-refractivity contribution in [2.45, 2.75) is 19.3 Å². The van der Waals surface area contributed by atoms with E-state index in [2.05, 4.69) is 39.4 Å². The quantitative estimate of drug-likeness (QED) is 0.803. The summed E-state index contributed by atoms with van der Waals surface area (Å²) in [6.07, 6.45) is 3.29. The number of thiocarbonyl (C=S) groups is 1. The smallest absolute Gasteiger partial charge is 0.236 e. The third kappa shape index (κ3) is 5.41. The van der Waals surface area contributed by atoms with Crippen molar-refractivity contribution in [3.8, 4) is 0 Å². The van der Waals surface area contributed by atoms with Gasteiger partial charge in [-0.2, -0.15) is 0 Å². The largest absolute Gasteiger partial charge is 0.362 e. The van der Waals surface area contributed by atoms with E-state index in [1.165, 1.54) is 5.56 Å². The molecular weight excluding hydrogens is 332 g/mol. The molecule has 1 N–H and O–H groups in total. The molecule has 1 aromatic rings. The maximum absolute atomic E-state index is 12.2. The number of rotatable bonds is 5. The maximum Gasteiger partial charge on any atom is 0.236 e. The van der Waals surface area contributed by atoms with Gasteiger partial charge in [0, 0.05) is 45.8 Å². The Labute approximate surface area is 156 Å². The van der Waals surface area contributed by atoms with Crippen molar-refractivity contribution in [2.75, 3.05) is 52.4 Å². The third-order valence-electron chi connectivity index (χ3n) is 5.01. The Morgan fingerprint density at radius 2 is 1.64 bits per heavy atom. The SMILES string of the molecule is O=C(CN1CCN(C(=S)NCCc2ccccc2)CC1)N1CCCC1. The summed E-state index contributed by atoms with van der Waals surface area (Å²) in [5.74, 6) is 0.287. The number of carbonyl (C=O) groups is 1. The van der Waals surface area contributed by atoms with E-state index in [9.17, 15) is 4.79 Å². The maximum atomic E-state index is 12.2. The van der Waals surface area contributed by atoms with Gasteiger partial charge in [0.2, 0.25) is 5.91 Å². The van der Waals surface area contributed by atoms with Crippen molar-refractivity contribution in [1.82, 2.24) is 20.0 Å². The van der Waals surface area contributed by atoms with Crippen molar-refractivity contribution < 1.29 is 4.79 Å². The monoisotopic (exact) mass is 360 g/mol. The third-order valence-corrected chi connectivity index (χ3v) is 5.41. The number of hydrogen-bond donors (Lipinski definition) is 1. The van der Waals surface area contributed by atoms with E-state index in [4.69, 9.17) is 12.2 Å². The number of amides is 1. The van der Waals surface area contributed by atoms with Gasteiger partial charge in [0.1, 0.15) is 0 Å². The first-order chi connectivity index (χ1) is 12.2. The molecule has 6 heteroatoms. The van der Waals surface area contributed by atoms with Gasteiger partial charge in [0.15, 0.2) is 5.11 Å². The number of piperazine rings is 1. The lowest BCUT2D eigenvalue weighted by Gasteiger charge is -2.36. The first kappa shape index (κ1) is 18.1. The number of nitrogens with zero attached hydrogens (tertiary/aromatic N) is 3. The molecular formula is C19H28N4OS. The number of likely N-dealkylation sites (tertiary alicyclic amines) is 1. The number of hydrogen-bond acceptors (Lipinski definition) is 3. The standard InChI is InChI=1S/C19H28N4OS/c24-18(22-10-4-5-11-22)16-21-12-14-23(15-13-21)19(25)20-9-8-17-6-2-1-3-7-17/h1-3,6-7H,4-5,8-16H2,(H,20,25). The molecule has 136 valence electrons. The summed E-state index contributed by atoms with van der Waals surface area (Å²) in [4.78, 5) is 18.7. The fourth-order valence-corrected chi connectivity index (χ4v) is 3.72. The van der Waals surface area contributed by atoms with Crippen LogP contribution in [-0.4, -0.2) is 78.1 Å². The van der Waals surface area contributed by atoms with Crippen LogP contribution < -0.4 is 5.32 Å². The van der Waals surface area contributed by atoms with Crippen LogP contribution in [-0.2, 0) is 11.2 Å². The van der Waals surface area contributed by atoms with Gasteiger partial charge in [-0.15, -0.1) is 0 Å². The molecule has 2 heterocycles. The van der Waals surface area contributed by atoms with Crippen molar-refractivity contribution >= 4 is 23.2 Å². The van der Waals surface area contributed by atoms with Crippen LogP contribution in [0.25, 0.3) is 0 Å². The highest BCUT2D eigenvalue weighted by atomic mass is 32.1. The van der Waals surface area contributed by atoms with Gasteiger partial charge >= 0.3 is 0 Å². The molecule has 3 rings (SSSR count). The Hall–Kier alpha value is -1.66. The summed E-state index contributed by atoms with van der Waals surface area (Å²) in [5, 5.41) is 4.20. The molecule has 0 unspecified atom stereocenters. The highest BCUT2D eigenvalue weighted by Crippen LogP contribution is 2.09. The average Bonchev–Trinajstić information content (AvgIpc) is 3.18. The topological polar surface area (TPSA) is 38.8 Å². The molecule has 0 aromatic heterocycles. The second-order valence-electron chi connectivity index (χ2n) is 6.82. The molecule has 0 radical (unpaired) electrons. The second-order valence-corrected chi connectivity index (χ2v) is 7.21. The Kier molecular flexibility index (Phi) is 6.64. The molecule has 25 heavy (non-hydrogen) atoms. The first-order valence-electron chi connectivity index (χ1n) is 9.29. The zero-order chi connectivity index (χ0) is 17.5. The highest BCUT2D eigenvalue weighted by molar-refractivity contribution is 7.80. The van der Waals surface area contributed by atoms with Crippen LogP contribution in [0.3, 0.4) is 0 Å². The summed E-state index contributed by atoms with van der Waals surface area (Å²) >= 11 is 5.52. The fourth-order valence-electron chi connectivity index (χ4n) is 3.44. The number of nitrogens with one attached hydrogen (secondary N) is 1. The predicted molar refractivity (Wildman–Crippen MR) is 105 cm³/mol. The summed E-state index contributed by atoms with van der Waals surface area (Å²) in [7, 11) is 0. The van der Waals surface area contributed by atoms with Gasteiger partial charge in [0.05, 0.1) is 6.54 Å². The van der Waals surface area contributed by atoms with Gasteiger partial charge in [0.25, 0.3) is 0 Å². The lowest BCUT2D eigenvalue weighted by molar-refractivity contribution is -0.131. The van der Waals surface area contributed by atoms with Crippen LogP contribution in [0.1, 0.15) is 18.4 Å². The zero-order valence-corrected chi connectivity index (χ0v) is 15.6. The Morgan fingerprint density at radius 1 is 0.960 bits per heavy atom. The van der Waals surface area contributed by atoms with E-state index >= 15 is 0 Å². The van der Waals surface area contributed by atoms with E-state index in [-0.39, 0.29) is 5.91 Å². The van der Waals surface area contributed by atoms with Crippen molar-refractivity contribution in [3.05, 3.63) is 35.9 Å². The fraction of sp³-hybridized carbons (Fsp3) is 0.579. The van der Waals surface area contributed by atoms with E-state index in [1.807, 2.05) is 11.0 Å². The molecule has 0 bridgehead atoms. The number of benzene rings is 1. The number of carbonyl (C=O) groups excluding carboxylic acids is 1. The van der Waals surface area contributed by atoms with Crippen LogP contribution >= 0.6 is 12.2 Å². The van der Waals surface area contributed by atoms with Gasteiger partial charge in [-0.25, -0.2) is 0 Å². The van der Waals surface area contributed by atoms with Crippen LogP contribution in [0.15, 0.2) is 30.3 Å². The molecule has 2 aliphatic rings. The molecule has 2 fully saturated rings. The summed E-state index contributed by atoms with van der Waals surface area (Å²) in [6.45, 7) is 6.88. The minimum atomic E-state index is 0.287. The summed E-state index contributed by atoms with van der Waals surface area (Å²) in [6, 6.07) is 10.4. The van der Waals surface area contributed by atoms with Crippen LogP contribution in [0, 0.1) is 0 Å². The molecule has 0 saturated carbocycles. The Balaban J connectivity index is 1.33. The molecule has 0 atom stereocenters. The molecule has 5 nitrogen and oxygen atoms in total. The molecule has 0 spiro atoms. The van der Waals surface area contributed by atoms with E-state index < -0.39 is 0 Å². The van der Waals surface area contributed by atoms with E-state index in [1.54, 1.807) is 0 Å². The lowest BCUT2D eigenvalue weighted by atomic mass is 10.1. The highest BCUT2D eigenvalue weighted by Gasteiger charge is 2.24. The van der Waals surface area contributed by atoms with Crippen LogP contribution in [0.4, 0.5) is 0 Å². The summed E-state index contributed by atoms with van der Waals surface area (Å²) < 4.78 is 0. The van der Waals surface area contributed by atoms with Crippen molar-refractivity contribution in [2.24, 2.45) is 0 Å². The molecule has 0 aliphatic carbocycles. The van der Waals surface area contributed by atoms with Crippen LogP contribution in [0.2, 0.25) is 0 Å². The average molecular weight is 361 g/mol. The molecule has 1 amide bonds. The minimum Gasteiger partial charge on any atom is -0.362 e. The zero-order valence-electron chi connectivity index (χ0n) is 14.8. The molecule has 2 saturated heterocycles. The van der Waals surface area contributed by atoms with Gasteiger partial charge in [-0.05, 0) is 37.0 Å². The normalized spacial score (nSPS) is 18.4. The minimum absolute atomic E-state index is 0.287. The van der Waals surface area contributed by atoms with Crippen LogP contribution in [0.5, 0.6) is 0 Å². The molecule has 1 aromatic carbocycles. The van der Waals surface area contributed by atoms with Gasteiger partial charge in [-0.3, -0.25) is 9.69 Å². The van der Waals surface area contributed by atoms with Crippen molar-refractivity contribution in [3.63, 3.8) is 0 Å². The van der Waals surface area contributed by atoms with Crippen molar-refractivity contribution in [1.29, 1.82) is 0 Å². The van der Waals surface area contributed by atoms with E-state index in [0.717, 1.165) is 70.2 Å². The lowest BCUT2D eigenvalue weighted by Crippen LogP contribution is -2.53. The summed E-state index contributed by atoms with van der Waals surface area (Å²) in [5.41, 5.74) is 1.32. The Bertz CT molecular complexity index is 566. The molecule has 2 aliphatic heterocycles. The first-order valence-corrected chi connectivity index (χ1v) is 9.70. The van der Waals surface area contributed by atoms with Gasteiger partial charge in [-0.1, -0.05) is 30.3 Å². The van der Waals surface area contributed by atoms with Gasteiger partial charge < -0.3 is 15.1 Å².